The molecule has 1 heterocycles. The van der Waals surface area contributed by atoms with Gasteiger partial charge in [0.15, 0.2) is 0 Å². The van der Waals surface area contributed by atoms with E-state index in [1.807, 2.05) is 12.1 Å². The monoisotopic (exact) mass is 492 g/mol. The van der Waals surface area contributed by atoms with Gasteiger partial charge in [-0.25, -0.2) is 4.98 Å². The summed E-state index contributed by atoms with van der Waals surface area (Å²) in [5.74, 6) is -0.0704. The summed E-state index contributed by atoms with van der Waals surface area (Å²) >= 11 is 13.8. The molecule has 1 aromatic heterocycles. The first kappa shape index (κ1) is 19.7. The molecule has 2 aromatic rings. The number of pyridine rings is 1. The van der Waals surface area contributed by atoms with Crippen molar-refractivity contribution in [2.24, 2.45) is 0 Å². The summed E-state index contributed by atoms with van der Waals surface area (Å²) in [5, 5.41) is 9.13. The molecule has 1 aromatic carbocycles. The van der Waals surface area contributed by atoms with Gasteiger partial charge in [-0.2, -0.15) is 0 Å². The SMILES string of the molecule is O=C(CNC(=O)c1ccccc1I)NCCNc1ncc(Cl)cc1Cl. The van der Waals surface area contributed by atoms with Crippen molar-refractivity contribution >= 4 is 63.4 Å². The maximum atomic E-state index is 12.0. The summed E-state index contributed by atoms with van der Waals surface area (Å²) in [7, 11) is 0. The number of halogens is 3. The molecular formula is C16H15Cl2IN4O2. The van der Waals surface area contributed by atoms with Crippen LogP contribution in [0.5, 0.6) is 0 Å². The van der Waals surface area contributed by atoms with E-state index in [9.17, 15) is 9.59 Å². The molecule has 6 nitrogen and oxygen atoms in total. The maximum Gasteiger partial charge on any atom is 0.252 e. The predicted octanol–water partition coefficient (Wildman–Crippen LogP) is 2.95. The molecular weight excluding hydrogens is 478 g/mol. The van der Waals surface area contributed by atoms with E-state index in [0.717, 1.165) is 3.57 Å². The van der Waals surface area contributed by atoms with E-state index in [-0.39, 0.29) is 18.4 Å². The Bertz CT molecular complexity index is 774. The third-order valence-corrected chi connectivity index (χ3v) is 4.51. The van der Waals surface area contributed by atoms with E-state index in [4.69, 9.17) is 23.2 Å². The molecule has 0 bridgehead atoms. The van der Waals surface area contributed by atoms with Crippen molar-refractivity contribution in [2.45, 2.75) is 0 Å². The lowest BCUT2D eigenvalue weighted by atomic mass is 10.2. The van der Waals surface area contributed by atoms with Gasteiger partial charge in [-0.15, -0.1) is 0 Å². The number of aromatic nitrogens is 1. The van der Waals surface area contributed by atoms with Gasteiger partial charge in [-0.3, -0.25) is 9.59 Å². The van der Waals surface area contributed by atoms with Crippen LogP contribution in [0.25, 0.3) is 0 Å². The van der Waals surface area contributed by atoms with Crippen molar-refractivity contribution in [2.75, 3.05) is 25.0 Å². The second-order valence-corrected chi connectivity index (χ2v) is 6.93. The first-order valence-corrected chi connectivity index (χ1v) is 9.15. The van der Waals surface area contributed by atoms with Gasteiger partial charge in [-0.05, 0) is 40.8 Å². The summed E-state index contributed by atoms with van der Waals surface area (Å²) < 4.78 is 0.828. The Morgan fingerprint density at radius 3 is 2.60 bits per heavy atom. The summed E-state index contributed by atoms with van der Waals surface area (Å²) in [5.41, 5.74) is 0.543. The molecule has 0 unspecified atom stereocenters. The van der Waals surface area contributed by atoms with E-state index < -0.39 is 0 Å². The fourth-order valence-electron chi connectivity index (χ4n) is 1.89. The first-order chi connectivity index (χ1) is 12.0. The number of carbonyl (C=O) groups is 2. The van der Waals surface area contributed by atoms with Gasteiger partial charge < -0.3 is 16.0 Å². The van der Waals surface area contributed by atoms with Crippen LogP contribution in [-0.2, 0) is 4.79 Å². The van der Waals surface area contributed by atoms with Gasteiger partial charge in [-0.1, -0.05) is 35.3 Å². The van der Waals surface area contributed by atoms with Crippen LogP contribution in [0.15, 0.2) is 36.5 Å². The quantitative estimate of drug-likeness (QED) is 0.410. The lowest BCUT2D eigenvalue weighted by molar-refractivity contribution is -0.120. The average molecular weight is 493 g/mol. The Morgan fingerprint density at radius 2 is 1.88 bits per heavy atom. The lowest BCUT2D eigenvalue weighted by Gasteiger charge is -2.10. The number of nitrogens with one attached hydrogen (secondary N) is 3. The lowest BCUT2D eigenvalue weighted by Crippen LogP contribution is -2.38. The third-order valence-electron chi connectivity index (χ3n) is 3.08. The zero-order valence-electron chi connectivity index (χ0n) is 13.0. The van der Waals surface area contributed by atoms with Gasteiger partial charge in [0.2, 0.25) is 5.91 Å². The summed E-state index contributed by atoms with van der Waals surface area (Å²) in [6, 6.07) is 8.75. The van der Waals surface area contributed by atoms with Crippen LogP contribution in [0.2, 0.25) is 10.0 Å². The second kappa shape index (κ2) is 9.79. The first-order valence-electron chi connectivity index (χ1n) is 7.31. The highest BCUT2D eigenvalue weighted by Crippen LogP contribution is 2.21. The normalized spacial score (nSPS) is 10.2. The van der Waals surface area contributed by atoms with E-state index in [0.29, 0.717) is 34.5 Å². The molecule has 0 saturated carbocycles. The average Bonchev–Trinajstić information content (AvgIpc) is 2.58. The smallest absolute Gasteiger partial charge is 0.252 e. The van der Waals surface area contributed by atoms with Gasteiger partial charge in [0.25, 0.3) is 5.91 Å². The van der Waals surface area contributed by atoms with Crippen LogP contribution >= 0.6 is 45.8 Å². The molecule has 0 radical (unpaired) electrons. The number of benzene rings is 1. The van der Waals surface area contributed by atoms with E-state index in [1.165, 1.54) is 6.20 Å². The van der Waals surface area contributed by atoms with Crippen molar-refractivity contribution in [3.05, 3.63) is 55.7 Å². The minimum absolute atomic E-state index is 0.0935. The molecule has 132 valence electrons. The Morgan fingerprint density at radius 1 is 1.12 bits per heavy atom. The van der Waals surface area contributed by atoms with Crippen LogP contribution in [0, 0.1) is 3.57 Å². The largest absolute Gasteiger partial charge is 0.367 e. The van der Waals surface area contributed by atoms with Crippen molar-refractivity contribution < 1.29 is 9.59 Å². The van der Waals surface area contributed by atoms with E-state index in [1.54, 1.807) is 18.2 Å². The molecule has 25 heavy (non-hydrogen) atoms. The number of hydrogen-bond donors (Lipinski definition) is 3. The fourth-order valence-corrected chi connectivity index (χ4v) is 2.97. The Kier molecular flexibility index (Phi) is 7.73. The molecule has 2 amide bonds. The van der Waals surface area contributed by atoms with Crippen LogP contribution < -0.4 is 16.0 Å². The van der Waals surface area contributed by atoms with Crippen LogP contribution in [0.4, 0.5) is 5.82 Å². The van der Waals surface area contributed by atoms with Crippen molar-refractivity contribution in [1.29, 1.82) is 0 Å². The molecule has 0 saturated heterocycles. The van der Waals surface area contributed by atoms with E-state index in [2.05, 4.69) is 43.5 Å². The van der Waals surface area contributed by atoms with Crippen molar-refractivity contribution in [1.82, 2.24) is 15.6 Å². The van der Waals surface area contributed by atoms with Gasteiger partial charge >= 0.3 is 0 Å². The van der Waals surface area contributed by atoms with Crippen molar-refractivity contribution in [3.8, 4) is 0 Å². The molecule has 2 rings (SSSR count). The number of carbonyl (C=O) groups excluding carboxylic acids is 2. The van der Waals surface area contributed by atoms with E-state index >= 15 is 0 Å². The van der Waals surface area contributed by atoms with Gasteiger partial charge in [0.05, 0.1) is 22.2 Å². The fraction of sp³-hybridized carbons (Fsp3) is 0.188. The number of hydrogen-bond acceptors (Lipinski definition) is 4. The molecule has 0 aliphatic rings. The zero-order valence-corrected chi connectivity index (χ0v) is 16.7. The number of amides is 2. The second-order valence-electron chi connectivity index (χ2n) is 4.92. The van der Waals surface area contributed by atoms with Crippen molar-refractivity contribution in [3.63, 3.8) is 0 Å². The standard InChI is InChI=1S/C16H15Cl2IN4O2/c17-10-7-12(18)15(22-8-10)21-6-5-20-14(24)9-23-16(25)11-3-1-2-4-13(11)19/h1-4,7-8H,5-6,9H2,(H,20,24)(H,21,22)(H,23,25). The van der Waals surface area contributed by atoms with Gasteiger partial charge in [0, 0.05) is 22.9 Å². The molecule has 9 heteroatoms. The Balaban J connectivity index is 1.69. The minimum Gasteiger partial charge on any atom is -0.367 e. The Labute approximate surface area is 168 Å². The molecule has 0 spiro atoms. The summed E-state index contributed by atoms with van der Waals surface area (Å²) in [6.45, 7) is 0.701. The molecule has 0 aliphatic carbocycles. The number of rotatable bonds is 7. The zero-order chi connectivity index (χ0) is 18.2. The highest BCUT2D eigenvalue weighted by atomic mass is 127. The van der Waals surface area contributed by atoms with Crippen LogP contribution in [0.1, 0.15) is 10.4 Å². The minimum atomic E-state index is -0.282. The maximum absolute atomic E-state index is 12.0. The molecule has 0 fully saturated rings. The molecule has 0 aliphatic heterocycles. The third kappa shape index (κ3) is 6.33. The number of anilines is 1. The highest BCUT2D eigenvalue weighted by Gasteiger charge is 2.10. The summed E-state index contributed by atoms with van der Waals surface area (Å²) in [4.78, 5) is 27.8. The molecule has 3 N–H and O–H groups in total. The number of nitrogens with zero attached hydrogens (tertiary/aromatic N) is 1. The van der Waals surface area contributed by atoms with Gasteiger partial charge in [0.1, 0.15) is 5.82 Å². The van der Waals surface area contributed by atoms with Crippen LogP contribution in [-0.4, -0.2) is 36.4 Å². The topological polar surface area (TPSA) is 83.1 Å². The van der Waals surface area contributed by atoms with Crippen LogP contribution in [0.3, 0.4) is 0 Å². The highest BCUT2D eigenvalue weighted by molar-refractivity contribution is 14.1. The molecule has 0 atom stereocenters. The summed E-state index contributed by atoms with van der Waals surface area (Å²) in [6.07, 6.45) is 1.48. The predicted molar refractivity (Wildman–Crippen MR) is 107 cm³/mol. The Hall–Kier alpha value is -1.58.